The Balaban J connectivity index is 2.28. The zero-order valence-electron chi connectivity index (χ0n) is 10.2. The zero-order chi connectivity index (χ0) is 12.3. The molecule has 5 nitrogen and oxygen atoms in total. The number of nitrogens with zero attached hydrogens (tertiary/aromatic N) is 2. The summed E-state index contributed by atoms with van der Waals surface area (Å²) in [6, 6.07) is 0.191. The van der Waals surface area contributed by atoms with E-state index >= 15 is 0 Å². The molecule has 1 heterocycles. The van der Waals surface area contributed by atoms with E-state index in [0.717, 1.165) is 36.9 Å². The summed E-state index contributed by atoms with van der Waals surface area (Å²) in [5.74, 6) is 0. The number of aromatic nitrogens is 2. The Morgan fingerprint density at radius 3 is 3.06 bits per heavy atom. The molecule has 17 heavy (non-hydrogen) atoms. The van der Waals surface area contributed by atoms with Crippen molar-refractivity contribution in [2.45, 2.75) is 38.3 Å². The first kappa shape index (κ1) is 12.3. The van der Waals surface area contributed by atoms with Crippen LogP contribution in [0.1, 0.15) is 24.1 Å². The standard InChI is InChI=1S/C12H19N3O2/c1-17-7-6-15-8-14-11-5-3-9(13)2-4-10(11)12(15)16/h8-9H,2-7,13H2,1H3/t9-/m1/s1. The van der Waals surface area contributed by atoms with E-state index in [4.69, 9.17) is 10.5 Å². The summed E-state index contributed by atoms with van der Waals surface area (Å²) in [6.45, 7) is 1.08. The maximum absolute atomic E-state index is 12.2. The summed E-state index contributed by atoms with van der Waals surface area (Å²) in [6.07, 6.45) is 4.98. The average Bonchev–Trinajstić information content (AvgIpc) is 2.52. The molecule has 1 aliphatic carbocycles. The number of methoxy groups -OCH3 is 1. The lowest BCUT2D eigenvalue weighted by Gasteiger charge is -2.09. The van der Waals surface area contributed by atoms with Gasteiger partial charge in [-0.15, -0.1) is 0 Å². The fraction of sp³-hybridized carbons (Fsp3) is 0.667. The van der Waals surface area contributed by atoms with Crippen LogP contribution in [-0.4, -0.2) is 29.3 Å². The fourth-order valence-corrected chi connectivity index (χ4v) is 2.18. The molecule has 0 radical (unpaired) electrons. The maximum atomic E-state index is 12.2. The third kappa shape index (κ3) is 2.73. The SMILES string of the molecule is COCCn1cnc2c(c1=O)CC[C@@H](N)CC2. The van der Waals surface area contributed by atoms with Crippen LogP contribution in [0, 0.1) is 0 Å². The van der Waals surface area contributed by atoms with Crippen LogP contribution in [0.2, 0.25) is 0 Å². The van der Waals surface area contributed by atoms with Gasteiger partial charge in [-0.25, -0.2) is 4.98 Å². The first-order chi connectivity index (χ1) is 8.22. The second-order valence-electron chi connectivity index (χ2n) is 4.50. The van der Waals surface area contributed by atoms with Crippen LogP contribution in [0.5, 0.6) is 0 Å². The molecule has 0 amide bonds. The van der Waals surface area contributed by atoms with Crippen molar-refractivity contribution >= 4 is 0 Å². The van der Waals surface area contributed by atoms with Crippen LogP contribution in [0.15, 0.2) is 11.1 Å². The van der Waals surface area contributed by atoms with Crippen LogP contribution in [0.25, 0.3) is 0 Å². The molecule has 0 saturated heterocycles. The molecule has 0 saturated carbocycles. The fourth-order valence-electron chi connectivity index (χ4n) is 2.18. The lowest BCUT2D eigenvalue weighted by molar-refractivity contribution is 0.185. The minimum atomic E-state index is 0.0705. The summed E-state index contributed by atoms with van der Waals surface area (Å²) >= 11 is 0. The molecule has 0 bridgehead atoms. The van der Waals surface area contributed by atoms with Gasteiger partial charge in [0, 0.05) is 18.7 Å². The highest BCUT2D eigenvalue weighted by molar-refractivity contribution is 5.19. The monoisotopic (exact) mass is 237 g/mol. The van der Waals surface area contributed by atoms with E-state index in [1.807, 2.05) is 0 Å². The predicted octanol–water partition coefficient (Wildman–Crippen LogP) is 0.0958. The summed E-state index contributed by atoms with van der Waals surface area (Å²) in [4.78, 5) is 16.6. The third-order valence-electron chi connectivity index (χ3n) is 3.27. The molecule has 0 aromatic carbocycles. The van der Waals surface area contributed by atoms with Crippen LogP contribution in [0.3, 0.4) is 0 Å². The third-order valence-corrected chi connectivity index (χ3v) is 3.27. The van der Waals surface area contributed by atoms with Crippen LogP contribution < -0.4 is 11.3 Å². The molecule has 1 aromatic rings. The van der Waals surface area contributed by atoms with Crippen molar-refractivity contribution in [3.63, 3.8) is 0 Å². The van der Waals surface area contributed by atoms with E-state index in [2.05, 4.69) is 4.98 Å². The lowest BCUT2D eigenvalue weighted by atomic mass is 10.1. The number of hydrogen-bond acceptors (Lipinski definition) is 4. The van der Waals surface area contributed by atoms with Gasteiger partial charge in [-0.2, -0.15) is 0 Å². The van der Waals surface area contributed by atoms with Crippen LogP contribution in [0.4, 0.5) is 0 Å². The topological polar surface area (TPSA) is 70.1 Å². The average molecular weight is 237 g/mol. The highest BCUT2D eigenvalue weighted by Crippen LogP contribution is 2.14. The maximum Gasteiger partial charge on any atom is 0.256 e. The van der Waals surface area contributed by atoms with Gasteiger partial charge >= 0.3 is 0 Å². The predicted molar refractivity (Wildman–Crippen MR) is 65.0 cm³/mol. The molecule has 94 valence electrons. The molecule has 2 rings (SSSR count). The molecular formula is C12H19N3O2. The molecule has 1 aromatic heterocycles. The first-order valence-electron chi connectivity index (χ1n) is 6.04. The van der Waals surface area contributed by atoms with Crippen LogP contribution >= 0.6 is 0 Å². The summed E-state index contributed by atoms with van der Waals surface area (Å²) in [5.41, 5.74) is 7.77. The highest BCUT2D eigenvalue weighted by atomic mass is 16.5. The Morgan fingerprint density at radius 2 is 2.29 bits per heavy atom. The second-order valence-corrected chi connectivity index (χ2v) is 4.50. The Hall–Kier alpha value is -1.20. The van der Waals surface area contributed by atoms with Gasteiger partial charge in [0.2, 0.25) is 0 Å². The van der Waals surface area contributed by atoms with Gasteiger partial charge in [0.05, 0.1) is 25.2 Å². The van der Waals surface area contributed by atoms with Crippen molar-refractivity contribution in [1.82, 2.24) is 9.55 Å². The van der Waals surface area contributed by atoms with Crippen LogP contribution in [-0.2, 0) is 24.1 Å². The van der Waals surface area contributed by atoms with Gasteiger partial charge in [-0.1, -0.05) is 0 Å². The normalized spacial score (nSPS) is 19.8. The van der Waals surface area contributed by atoms with Crippen molar-refractivity contribution in [2.24, 2.45) is 5.73 Å². The molecule has 0 fully saturated rings. The molecule has 2 N–H and O–H groups in total. The molecular weight excluding hydrogens is 218 g/mol. The number of rotatable bonds is 3. The van der Waals surface area contributed by atoms with Crippen molar-refractivity contribution in [3.8, 4) is 0 Å². The highest BCUT2D eigenvalue weighted by Gasteiger charge is 2.17. The minimum Gasteiger partial charge on any atom is -0.383 e. The van der Waals surface area contributed by atoms with Gasteiger partial charge in [0.15, 0.2) is 0 Å². The number of nitrogens with two attached hydrogens (primary N) is 1. The number of aryl methyl sites for hydroxylation is 1. The molecule has 0 aliphatic heterocycles. The first-order valence-corrected chi connectivity index (χ1v) is 6.04. The number of fused-ring (bicyclic) bond motifs is 1. The van der Waals surface area contributed by atoms with Gasteiger partial charge in [-0.05, 0) is 25.7 Å². The number of ether oxygens (including phenoxy) is 1. The smallest absolute Gasteiger partial charge is 0.256 e. The van der Waals surface area contributed by atoms with Crippen molar-refractivity contribution in [3.05, 3.63) is 27.9 Å². The lowest BCUT2D eigenvalue weighted by Crippen LogP contribution is -2.27. The summed E-state index contributed by atoms with van der Waals surface area (Å²) < 4.78 is 6.60. The van der Waals surface area contributed by atoms with Gasteiger partial charge in [0.25, 0.3) is 5.56 Å². The van der Waals surface area contributed by atoms with Gasteiger partial charge in [0.1, 0.15) is 0 Å². The van der Waals surface area contributed by atoms with Crippen molar-refractivity contribution in [2.75, 3.05) is 13.7 Å². The van der Waals surface area contributed by atoms with E-state index in [1.54, 1.807) is 18.0 Å². The molecule has 5 heteroatoms. The van der Waals surface area contributed by atoms with Gasteiger partial charge in [-0.3, -0.25) is 9.36 Å². The van der Waals surface area contributed by atoms with E-state index < -0.39 is 0 Å². The molecule has 0 unspecified atom stereocenters. The Kier molecular flexibility index (Phi) is 3.91. The Labute approximate surface area is 101 Å². The largest absolute Gasteiger partial charge is 0.383 e. The van der Waals surface area contributed by atoms with E-state index in [-0.39, 0.29) is 11.6 Å². The summed E-state index contributed by atoms with van der Waals surface area (Å²) in [5, 5.41) is 0. The van der Waals surface area contributed by atoms with Gasteiger partial charge < -0.3 is 10.5 Å². The second kappa shape index (κ2) is 5.42. The minimum absolute atomic E-state index is 0.0705. The van der Waals surface area contributed by atoms with E-state index in [0.29, 0.717) is 13.2 Å². The summed E-state index contributed by atoms with van der Waals surface area (Å²) in [7, 11) is 1.63. The quantitative estimate of drug-likeness (QED) is 0.757. The van der Waals surface area contributed by atoms with E-state index in [9.17, 15) is 4.79 Å². The zero-order valence-corrected chi connectivity index (χ0v) is 10.2. The van der Waals surface area contributed by atoms with Crippen molar-refractivity contribution in [1.29, 1.82) is 0 Å². The Morgan fingerprint density at radius 1 is 1.53 bits per heavy atom. The molecule has 1 aliphatic rings. The molecule has 0 spiro atoms. The van der Waals surface area contributed by atoms with E-state index in [1.165, 1.54) is 0 Å². The molecule has 1 atom stereocenters. The van der Waals surface area contributed by atoms with Crippen molar-refractivity contribution < 1.29 is 4.74 Å². The Bertz CT molecular complexity index is 442. The number of hydrogen-bond donors (Lipinski definition) is 1.